The molecule has 1 aromatic rings. The molecule has 0 saturated carbocycles. The first-order valence-corrected chi connectivity index (χ1v) is 7.21. The van der Waals surface area contributed by atoms with Crippen LogP contribution in [0.15, 0.2) is 9.21 Å². The minimum absolute atomic E-state index is 0.405. The van der Waals surface area contributed by atoms with E-state index < -0.39 is 0 Å². The molecule has 92 valence electrons. The van der Waals surface area contributed by atoms with Crippen molar-refractivity contribution in [2.45, 2.75) is 52.7 Å². The van der Waals surface area contributed by atoms with E-state index in [4.69, 9.17) is 0 Å². The van der Waals surface area contributed by atoms with Crippen LogP contribution in [0, 0.1) is 0 Å². The van der Waals surface area contributed by atoms with E-state index in [1.807, 2.05) is 0 Å². The summed E-state index contributed by atoms with van der Waals surface area (Å²) < 4.78 is 4.09. The molecule has 1 N–H and O–H groups in total. The number of hydrogen-bond acceptors (Lipinski definition) is 2. The zero-order valence-electron chi connectivity index (χ0n) is 10.2. The Kier molecular flexibility index (Phi) is 5.47. The highest BCUT2D eigenvalue weighted by Gasteiger charge is 2.15. The first kappa shape index (κ1) is 14.2. The summed E-state index contributed by atoms with van der Waals surface area (Å²) in [6.45, 7) is 9.49. The zero-order valence-corrected chi connectivity index (χ0v) is 13.4. The van der Waals surface area contributed by atoms with Gasteiger partial charge in [0.1, 0.15) is 15.0 Å². The van der Waals surface area contributed by atoms with Gasteiger partial charge in [-0.05, 0) is 59.1 Å². The second kappa shape index (κ2) is 6.17. The number of nitrogens with zero attached hydrogens (tertiary/aromatic N) is 2. The van der Waals surface area contributed by atoms with E-state index in [-0.39, 0.29) is 0 Å². The van der Waals surface area contributed by atoms with E-state index in [0.717, 1.165) is 28.0 Å². The van der Waals surface area contributed by atoms with Crippen molar-refractivity contribution >= 4 is 31.9 Å². The summed E-state index contributed by atoms with van der Waals surface area (Å²) in [4.78, 5) is 4.51. The largest absolute Gasteiger partial charge is 0.318 e. The average molecular weight is 353 g/mol. The fraction of sp³-hybridized carbons (Fsp3) is 0.727. The Labute approximate surface area is 114 Å². The Balaban J connectivity index is 2.83. The quantitative estimate of drug-likeness (QED) is 0.871. The number of aromatic nitrogens is 2. The fourth-order valence-corrected chi connectivity index (χ4v) is 2.58. The lowest BCUT2D eigenvalue weighted by Gasteiger charge is -2.15. The normalized spacial score (nSPS) is 13.4. The van der Waals surface area contributed by atoms with Crippen LogP contribution in [0.3, 0.4) is 0 Å². The van der Waals surface area contributed by atoms with Gasteiger partial charge in [-0.3, -0.25) is 0 Å². The van der Waals surface area contributed by atoms with E-state index in [1.165, 1.54) is 0 Å². The van der Waals surface area contributed by atoms with Crippen molar-refractivity contribution < 1.29 is 0 Å². The molecular weight excluding hydrogens is 334 g/mol. The number of hydrogen-bond donors (Lipinski definition) is 1. The number of rotatable bonds is 5. The van der Waals surface area contributed by atoms with Crippen LogP contribution in [0.4, 0.5) is 0 Å². The van der Waals surface area contributed by atoms with Gasteiger partial charge in [-0.25, -0.2) is 4.98 Å². The van der Waals surface area contributed by atoms with Crippen molar-refractivity contribution in [2.75, 3.05) is 0 Å². The summed E-state index contributed by atoms with van der Waals surface area (Å²) in [5.41, 5.74) is 0. The molecule has 0 unspecified atom stereocenters. The van der Waals surface area contributed by atoms with E-state index in [2.05, 4.69) is 74.4 Å². The fourth-order valence-electron chi connectivity index (χ4n) is 1.49. The minimum atomic E-state index is 0.405. The SMILES string of the molecule is CC[C@H](C)NCc1nc(Br)c(Br)n1C(C)C. The highest BCUT2D eigenvalue weighted by Crippen LogP contribution is 2.27. The van der Waals surface area contributed by atoms with Gasteiger partial charge < -0.3 is 9.88 Å². The second-order valence-electron chi connectivity index (χ2n) is 4.26. The topological polar surface area (TPSA) is 29.9 Å². The third-order valence-corrected chi connectivity index (χ3v) is 4.47. The molecule has 0 aliphatic carbocycles. The molecule has 1 heterocycles. The average Bonchev–Trinajstić information content (AvgIpc) is 2.51. The maximum Gasteiger partial charge on any atom is 0.139 e. The molecule has 1 atom stereocenters. The van der Waals surface area contributed by atoms with Crippen molar-refractivity contribution in [2.24, 2.45) is 0 Å². The first-order valence-electron chi connectivity index (χ1n) is 5.62. The highest BCUT2D eigenvalue weighted by atomic mass is 79.9. The first-order chi connectivity index (χ1) is 7.47. The summed E-state index contributed by atoms with van der Waals surface area (Å²) in [7, 11) is 0. The lowest BCUT2D eigenvalue weighted by atomic mass is 10.2. The third kappa shape index (κ3) is 3.31. The molecule has 0 radical (unpaired) electrons. The van der Waals surface area contributed by atoms with Crippen LogP contribution in [-0.2, 0) is 6.54 Å². The van der Waals surface area contributed by atoms with Crippen LogP contribution < -0.4 is 5.32 Å². The Hall–Kier alpha value is 0.130. The van der Waals surface area contributed by atoms with E-state index >= 15 is 0 Å². The molecule has 0 aromatic carbocycles. The number of imidazole rings is 1. The third-order valence-electron chi connectivity index (χ3n) is 2.62. The molecule has 0 spiro atoms. The van der Waals surface area contributed by atoms with E-state index in [0.29, 0.717) is 12.1 Å². The summed E-state index contributed by atoms with van der Waals surface area (Å²) in [6.07, 6.45) is 1.13. The lowest BCUT2D eigenvalue weighted by molar-refractivity contribution is 0.488. The number of nitrogens with one attached hydrogen (secondary N) is 1. The second-order valence-corrected chi connectivity index (χ2v) is 5.77. The molecule has 5 heteroatoms. The Morgan fingerprint density at radius 2 is 1.94 bits per heavy atom. The molecular formula is C11H19Br2N3. The minimum Gasteiger partial charge on any atom is -0.318 e. The Morgan fingerprint density at radius 1 is 1.31 bits per heavy atom. The van der Waals surface area contributed by atoms with Crippen LogP contribution in [0.5, 0.6) is 0 Å². The van der Waals surface area contributed by atoms with Crippen molar-refractivity contribution in [3.63, 3.8) is 0 Å². The molecule has 1 rings (SSSR count). The van der Waals surface area contributed by atoms with Crippen LogP contribution in [0.1, 0.15) is 46.0 Å². The van der Waals surface area contributed by atoms with Gasteiger partial charge in [-0.1, -0.05) is 6.92 Å². The van der Waals surface area contributed by atoms with Gasteiger partial charge >= 0.3 is 0 Å². The van der Waals surface area contributed by atoms with Gasteiger partial charge in [0.25, 0.3) is 0 Å². The smallest absolute Gasteiger partial charge is 0.139 e. The molecule has 0 saturated heterocycles. The molecule has 0 bridgehead atoms. The molecule has 3 nitrogen and oxygen atoms in total. The molecule has 0 aliphatic rings. The molecule has 0 fully saturated rings. The Bertz CT molecular complexity index is 347. The van der Waals surface area contributed by atoms with Crippen LogP contribution in [-0.4, -0.2) is 15.6 Å². The van der Waals surface area contributed by atoms with Gasteiger partial charge in [-0.2, -0.15) is 0 Å². The molecule has 0 amide bonds. The van der Waals surface area contributed by atoms with E-state index in [1.54, 1.807) is 0 Å². The summed E-state index contributed by atoms with van der Waals surface area (Å²) >= 11 is 7.00. The zero-order chi connectivity index (χ0) is 12.3. The molecule has 1 aromatic heterocycles. The van der Waals surface area contributed by atoms with Gasteiger partial charge in [0.2, 0.25) is 0 Å². The highest BCUT2D eigenvalue weighted by molar-refractivity contribution is 9.13. The predicted molar refractivity (Wildman–Crippen MR) is 74.6 cm³/mol. The standard InChI is InChI=1S/C11H19Br2N3/c1-5-8(4)14-6-9-15-10(12)11(13)16(9)7(2)3/h7-8,14H,5-6H2,1-4H3/t8-/m0/s1. The van der Waals surface area contributed by atoms with Gasteiger partial charge in [0, 0.05) is 12.1 Å². The van der Waals surface area contributed by atoms with Crippen molar-refractivity contribution in [3.8, 4) is 0 Å². The summed E-state index contributed by atoms with van der Waals surface area (Å²) in [5.74, 6) is 1.06. The summed E-state index contributed by atoms with van der Waals surface area (Å²) in [5, 5.41) is 3.46. The summed E-state index contributed by atoms with van der Waals surface area (Å²) in [6, 6.07) is 0.928. The van der Waals surface area contributed by atoms with Gasteiger partial charge in [0.05, 0.1) is 6.54 Å². The Morgan fingerprint density at radius 3 is 2.44 bits per heavy atom. The maximum atomic E-state index is 4.51. The van der Waals surface area contributed by atoms with Crippen LogP contribution in [0.25, 0.3) is 0 Å². The molecule has 0 aliphatic heterocycles. The monoisotopic (exact) mass is 351 g/mol. The van der Waals surface area contributed by atoms with Crippen LogP contribution >= 0.6 is 31.9 Å². The van der Waals surface area contributed by atoms with E-state index in [9.17, 15) is 0 Å². The lowest BCUT2D eigenvalue weighted by Crippen LogP contribution is -2.26. The molecule has 16 heavy (non-hydrogen) atoms. The number of halogens is 2. The van der Waals surface area contributed by atoms with Gasteiger partial charge in [0.15, 0.2) is 0 Å². The maximum absolute atomic E-state index is 4.51. The van der Waals surface area contributed by atoms with Crippen molar-refractivity contribution in [1.82, 2.24) is 14.9 Å². The van der Waals surface area contributed by atoms with Crippen LogP contribution in [0.2, 0.25) is 0 Å². The predicted octanol–water partition coefficient (Wildman–Crippen LogP) is 3.88. The van der Waals surface area contributed by atoms with Crippen molar-refractivity contribution in [1.29, 1.82) is 0 Å². The van der Waals surface area contributed by atoms with Gasteiger partial charge in [-0.15, -0.1) is 0 Å². The van der Waals surface area contributed by atoms with Crippen molar-refractivity contribution in [3.05, 3.63) is 15.0 Å².